The van der Waals surface area contributed by atoms with Crippen LogP contribution in [0.1, 0.15) is 24.1 Å². The summed E-state index contributed by atoms with van der Waals surface area (Å²) >= 11 is 6.20. The van der Waals surface area contributed by atoms with Crippen LogP contribution in [0.15, 0.2) is 48.5 Å². The van der Waals surface area contributed by atoms with E-state index in [1.807, 2.05) is 13.0 Å². The van der Waals surface area contributed by atoms with Crippen molar-refractivity contribution in [3.05, 3.63) is 70.6 Å². The molecule has 156 valence electrons. The van der Waals surface area contributed by atoms with Crippen LogP contribution in [-0.2, 0) is 4.79 Å². The van der Waals surface area contributed by atoms with Gasteiger partial charge in [-0.3, -0.25) is 9.78 Å². The van der Waals surface area contributed by atoms with E-state index in [-0.39, 0.29) is 12.2 Å². The van der Waals surface area contributed by atoms with Gasteiger partial charge in [0, 0.05) is 33.7 Å². The Labute approximate surface area is 178 Å². The summed E-state index contributed by atoms with van der Waals surface area (Å²) in [5.74, 6) is -1.49. The number of carboxylic acids is 1. The van der Waals surface area contributed by atoms with Crippen molar-refractivity contribution in [3.8, 4) is 11.1 Å². The summed E-state index contributed by atoms with van der Waals surface area (Å²) in [5.41, 5.74) is 3.68. The van der Waals surface area contributed by atoms with Gasteiger partial charge in [-0.25, -0.2) is 4.39 Å². The molecule has 1 aromatic heterocycles. The van der Waals surface area contributed by atoms with Gasteiger partial charge in [0.15, 0.2) is 0 Å². The summed E-state index contributed by atoms with van der Waals surface area (Å²) in [4.78, 5) is 15.3. The van der Waals surface area contributed by atoms with Gasteiger partial charge >= 0.3 is 5.97 Å². The van der Waals surface area contributed by atoms with Crippen LogP contribution < -0.4 is 0 Å². The first-order valence-corrected chi connectivity index (χ1v) is 9.74. The molecule has 2 aromatic carbocycles. The first kappa shape index (κ1) is 21.9. The quantitative estimate of drug-likeness (QED) is 0.510. The first-order valence-electron chi connectivity index (χ1n) is 9.36. The number of aryl methyl sites for hydroxylation is 1. The molecule has 0 aliphatic carbocycles. The van der Waals surface area contributed by atoms with Crippen LogP contribution in [0.3, 0.4) is 0 Å². The summed E-state index contributed by atoms with van der Waals surface area (Å²) in [6.45, 7) is 1.83. The van der Waals surface area contributed by atoms with Crippen molar-refractivity contribution in [1.82, 2.24) is 4.98 Å². The molecule has 7 heteroatoms. The summed E-state index contributed by atoms with van der Waals surface area (Å²) in [6, 6.07) is 11.4. The van der Waals surface area contributed by atoms with E-state index in [4.69, 9.17) is 16.7 Å². The van der Waals surface area contributed by atoms with Crippen LogP contribution in [-0.4, -0.2) is 38.5 Å². The van der Waals surface area contributed by atoms with Crippen molar-refractivity contribution in [3.63, 3.8) is 0 Å². The zero-order valence-electron chi connectivity index (χ0n) is 16.2. The minimum Gasteiger partial charge on any atom is -0.481 e. The van der Waals surface area contributed by atoms with Crippen LogP contribution in [0.4, 0.5) is 4.39 Å². The lowest BCUT2D eigenvalue weighted by Gasteiger charge is -2.15. The number of pyridine rings is 1. The Morgan fingerprint density at radius 3 is 2.57 bits per heavy atom. The molecule has 3 aromatic rings. The number of benzene rings is 2. The van der Waals surface area contributed by atoms with Crippen molar-refractivity contribution in [1.29, 1.82) is 0 Å². The third-order valence-electron chi connectivity index (χ3n) is 4.72. The number of aromatic nitrogens is 1. The summed E-state index contributed by atoms with van der Waals surface area (Å²) < 4.78 is 13.5. The average molecular weight is 430 g/mol. The third kappa shape index (κ3) is 5.21. The van der Waals surface area contributed by atoms with Crippen molar-refractivity contribution in [2.45, 2.75) is 32.0 Å². The smallest absolute Gasteiger partial charge is 0.305 e. The van der Waals surface area contributed by atoms with Gasteiger partial charge in [0.2, 0.25) is 0 Å². The molecule has 0 fully saturated rings. The fourth-order valence-corrected chi connectivity index (χ4v) is 3.53. The molecule has 1 heterocycles. The van der Waals surface area contributed by atoms with E-state index in [9.17, 15) is 19.4 Å². The second-order valence-electron chi connectivity index (χ2n) is 7.07. The number of halogens is 2. The van der Waals surface area contributed by atoms with Gasteiger partial charge in [0.25, 0.3) is 0 Å². The molecule has 5 nitrogen and oxygen atoms in total. The SMILES string of the molecule is Cc1nc2ccc(Cl)cc2c(-c2ccc(F)cc2)c1C=CC(O)CC(O)CC(=O)O. The fourth-order valence-electron chi connectivity index (χ4n) is 3.35. The lowest BCUT2D eigenvalue weighted by molar-refractivity contribution is -0.139. The van der Waals surface area contributed by atoms with Gasteiger partial charge < -0.3 is 15.3 Å². The highest BCUT2D eigenvalue weighted by molar-refractivity contribution is 6.31. The highest BCUT2D eigenvalue weighted by Crippen LogP contribution is 2.35. The number of carboxylic acid groups (broad SMARTS) is 1. The minimum absolute atomic E-state index is 0.111. The second kappa shape index (κ2) is 9.34. The monoisotopic (exact) mass is 429 g/mol. The number of nitrogens with zero attached hydrogens (tertiary/aromatic N) is 1. The summed E-state index contributed by atoms with van der Waals surface area (Å²) in [5, 5.41) is 30.0. The van der Waals surface area contributed by atoms with E-state index >= 15 is 0 Å². The Hall–Kier alpha value is -2.80. The molecule has 3 rings (SSSR count). The van der Waals surface area contributed by atoms with E-state index in [1.165, 1.54) is 18.2 Å². The molecule has 2 unspecified atom stereocenters. The van der Waals surface area contributed by atoms with E-state index in [0.717, 1.165) is 22.0 Å². The van der Waals surface area contributed by atoms with E-state index < -0.39 is 24.6 Å². The number of carbonyl (C=O) groups is 1. The van der Waals surface area contributed by atoms with Crippen molar-refractivity contribution in [2.75, 3.05) is 0 Å². The predicted octanol–water partition coefficient (Wildman–Crippen LogP) is 4.60. The number of hydrogen-bond acceptors (Lipinski definition) is 4. The number of aliphatic carboxylic acids is 1. The zero-order chi connectivity index (χ0) is 21.8. The van der Waals surface area contributed by atoms with E-state index in [0.29, 0.717) is 16.3 Å². The van der Waals surface area contributed by atoms with Crippen LogP contribution >= 0.6 is 11.6 Å². The van der Waals surface area contributed by atoms with Crippen molar-refractivity contribution >= 4 is 34.5 Å². The van der Waals surface area contributed by atoms with Gasteiger partial charge in [-0.15, -0.1) is 0 Å². The number of aliphatic hydroxyl groups is 2. The molecular weight excluding hydrogens is 409 g/mol. The van der Waals surface area contributed by atoms with Gasteiger partial charge in [-0.2, -0.15) is 0 Å². The molecule has 0 saturated carbocycles. The average Bonchev–Trinajstić information content (AvgIpc) is 2.66. The van der Waals surface area contributed by atoms with E-state index in [2.05, 4.69) is 4.98 Å². The maximum atomic E-state index is 13.5. The van der Waals surface area contributed by atoms with Crippen LogP contribution in [0.2, 0.25) is 5.02 Å². The molecule has 3 N–H and O–H groups in total. The van der Waals surface area contributed by atoms with Gasteiger partial charge in [-0.1, -0.05) is 35.9 Å². The Kier molecular flexibility index (Phi) is 6.82. The molecule has 0 amide bonds. The summed E-state index contributed by atoms with van der Waals surface area (Å²) in [7, 11) is 0. The number of fused-ring (bicyclic) bond motifs is 1. The van der Waals surface area contributed by atoms with Gasteiger partial charge in [-0.05, 0) is 42.8 Å². The highest BCUT2D eigenvalue weighted by Gasteiger charge is 2.16. The molecular formula is C23H21ClFNO4. The minimum atomic E-state index is -1.16. The summed E-state index contributed by atoms with van der Waals surface area (Å²) in [6.07, 6.45) is 0.405. The van der Waals surface area contributed by atoms with E-state index in [1.54, 1.807) is 30.3 Å². The number of hydrogen-bond donors (Lipinski definition) is 3. The van der Waals surface area contributed by atoms with Crippen molar-refractivity contribution in [2.24, 2.45) is 0 Å². The normalized spacial score (nSPS) is 13.6. The zero-order valence-corrected chi connectivity index (χ0v) is 17.0. The van der Waals surface area contributed by atoms with Crippen LogP contribution in [0.25, 0.3) is 28.1 Å². The first-order chi connectivity index (χ1) is 14.2. The number of rotatable bonds is 7. The molecule has 0 bridgehead atoms. The Balaban J connectivity index is 2.07. The third-order valence-corrected chi connectivity index (χ3v) is 4.95. The standard InChI is InChI=1S/C23H21ClFNO4/c1-13-19(8-7-17(27)11-18(28)12-22(29)30)23(14-2-5-16(25)6-3-14)20-10-15(24)4-9-21(20)26-13/h2-10,17-18,27-28H,11-12H2,1H3,(H,29,30). The molecule has 2 atom stereocenters. The molecule has 0 spiro atoms. The van der Waals surface area contributed by atoms with Crippen molar-refractivity contribution < 1.29 is 24.5 Å². The Morgan fingerprint density at radius 2 is 1.90 bits per heavy atom. The Bertz CT molecular complexity index is 1100. The molecule has 0 saturated heterocycles. The van der Waals surface area contributed by atoms with Gasteiger partial charge in [0.1, 0.15) is 5.82 Å². The molecule has 0 radical (unpaired) electrons. The molecule has 0 aliphatic rings. The largest absolute Gasteiger partial charge is 0.481 e. The van der Waals surface area contributed by atoms with Crippen LogP contribution in [0.5, 0.6) is 0 Å². The molecule has 30 heavy (non-hydrogen) atoms. The molecule has 0 aliphatic heterocycles. The second-order valence-corrected chi connectivity index (χ2v) is 7.50. The lowest BCUT2D eigenvalue weighted by Crippen LogP contribution is -2.19. The maximum absolute atomic E-state index is 13.5. The van der Waals surface area contributed by atoms with Gasteiger partial charge in [0.05, 0.1) is 24.1 Å². The number of aliphatic hydroxyl groups excluding tert-OH is 2. The van der Waals surface area contributed by atoms with Crippen LogP contribution in [0, 0.1) is 12.7 Å². The lowest BCUT2D eigenvalue weighted by atomic mass is 9.93. The topological polar surface area (TPSA) is 90.7 Å². The fraction of sp³-hybridized carbons (Fsp3) is 0.217. The Morgan fingerprint density at radius 1 is 1.20 bits per heavy atom. The maximum Gasteiger partial charge on any atom is 0.305 e. The predicted molar refractivity (Wildman–Crippen MR) is 115 cm³/mol. The highest BCUT2D eigenvalue weighted by atomic mass is 35.5.